The number of nitrogens with two attached hydrogens (primary N) is 1. The lowest BCUT2D eigenvalue weighted by Crippen LogP contribution is -1.89. The molecule has 0 saturated heterocycles. The number of rotatable bonds is 2. The number of aromatic nitrogens is 2. The van der Waals surface area contributed by atoms with Crippen LogP contribution in [0.25, 0.3) is 32.6 Å². The monoisotopic (exact) mass is 293 g/mol. The van der Waals surface area contributed by atoms with Gasteiger partial charge in [-0.05, 0) is 18.2 Å². The summed E-state index contributed by atoms with van der Waals surface area (Å²) in [6.07, 6.45) is 1.73. The van der Waals surface area contributed by atoms with Crippen molar-refractivity contribution in [2.45, 2.75) is 0 Å². The fraction of sp³-hybridized carbons (Fsp3) is 0. The van der Waals surface area contributed by atoms with Gasteiger partial charge in [-0.1, -0.05) is 29.4 Å². The molecule has 2 N–H and O–H groups in total. The zero-order chi connectivity index (χ0) is 14.2. The number of hydrogen-bond acceptors (Lipinski definition) is 5. The fourth-order valence-electron chi connectivity index (χ4n) is 2.41. The van der Waals surface area contributed by atoms with E-state index in [2.05, 4.69) is 27.7 Å². The third-order valence-electron chi connectivity index (χ3n) is 3.38. The Balaban J connectivity index is 1.98. The van der Waals surface area contributed by atoms with Gasteiger partial charge in [0.05, 0.1) is 11.3 Å². The first kappa shape index (κ1) is 12.1. The largest absolute Gasteiger partial charge is 0.367 e. The maximum atomic E-state index is 5.96. The van der Waals surface area contributed by atoms with Crippen LogP contribution in [0.1, 0.15) is 0 Å². The van der Waals surface area contributed by atoms with Crippen molar-refractivity contribution in [3.05, 3.63) is 54.0 Å². The predicted octanol–water partition coefficient (Wildman–Crippen LogP) is 4.20. The SMILES string of the molecule is Nc1onc(-c2csc3ccccc23)c1-c1ccccn1. The average molecular weight is 293 g/mol. The molecule has 0 aliphatic heterocycles. The number of hydrogen-bond donors (Lipinski definition) is 1. The van der Waals surface area contributed by atoms with E-state index in [1.807, 2.05) is 30.3 Å². The lowest BCUT2D eigenvalue weighted by molar-refractivity contribution is 0.439. The van der Waals surface area contributed by atoms with Crippen molar-refractivity contribution in [2.24, 2.45) is 0 Å². The Morgan fingerprint density at radius 1 is 1.05 bits per heavy atom. The van der Waals surface area contributed by atoms with Crippen molar-refractivity contribution >= 4 is 27.3 Å². The Morgan fingerprint density at radius 3 is 2.76 bits per heavy atom. The van der Waals surface area contributed by atoms with E-state index in [-0.39, 0.29) is 0 Å². The summed E-state index contributed by atoms with van der Waals surface area (Å²) in [7, 11) is 0. The highest BCUT2D eigenvalue weighted by Crippen LogP contribution is 2.40. The summed E-state index contributed by atoms with van der Waals surface area (Å²) in [6, 6.07) is 13.9. The van der Waals surface area contributed by atoms with Crippen LogP contribution in [-0.2, 0) is 0 Å². The van der Waals surface area contributed by atoms with Crippen LogP contribution in [0.3, 0.4) is 0 Å². The van der Waals surface area contributed by atoms with Crippen LogP contribution >= 0.6 is 11.3 Å². The number of nitrogens with zero attached hydrogens (tertiary/aromatic N) is 2. The first-order valence-corrected chi connectivity index (χ1v) is 7.35. The zero-order valence-corrected chi connectivity index (χ0v) is 11.8. The van der Waals surface area contributed by atoms with Gasteiger partial charge < -0.3 is 10.3 Å². The van der Waals surface area contributed by atoms with Crippen LogP contribution in [0.4, 0.5) is 5.88 Å². The van der Waals surface area contributed by atoms with Crippen LogP contribution in [0, 0.1) is 0 Å². The highest BCUT2D eigenvalue weighted by Gasteiger charge is 2.20. The van der Waals surface area contributed by atoms with Gasteiger partial charge in [0.1, 0.15) is 5.69 Å². The molecular formula is C16H11N3OS. The van der Waals surface area contributed by atoms with Crippen LogP contribution < -0.4 is 5.73 Å². The highest BCUT2D eigenvalue weighted by molar-refractivity contribution is 7.17. The minimum Gasteiger partial charge on any atom is -0.367 e. The number of benzene rings is 1. The number of thiophene rings is 1. The molecule has 0 radical (unpaired) electrons. The summed E-state index contributed by atoms with van der Waals surface area (Å²) < 4.78 is 6.42. The van der Waals surface area contributed by atoms with Crippen molar-refractivity contribution in [1.29, 1.82) is 0 Å². The number of anilines is 1. The lowest BCUT2D eigenvalue weighted by atomic mass is 10.0. The Hall–Kier alpha value is -2.66. The summed E-state index contributed by atoms with van der Waals surface area (Å²) in [5.74, 6) is 0.291. The molecule has 102 valence electrons. The second kappa shape index (κ2) is 4.71. The van der Waals surface area contributed by atoms with E-state index in [1.54, 1.807) is 17.5 Å². The van der Waals surface area contributed by atoms with Gasteiger partial charge in [-0.25, -0.2) is 0 Å². The van der Waals surface area contributed by atoms with E-state index in [0.29, 0.717) is 5.88 Å². The molecule has 0 atom stereocenters. The van der Waals surface area contributed by atoms with Crippen LogP contribution in [0.5, 0.6) is 0 Å². The maximum Gasteiger partial charge on any atom is 0.232 e. The van der Waals surface area contributed by atoms with E-state index >= 15 is 0 Å². The minimum atomic E-state index is 0.291. The number of fused-ring (bicyclic) bond motifs is 1. The Labute approximate surface area is 124 Å². The molecule has 3 heterocycles. The molecule has 0 bridgehead atoms. The van der Waals surface area contributed by atoms with Gasteiger partial charge in [-0.3, -0.25) is 4.98 Å². The lowest BCUT2D eigenvalue weighted by Gasteiger charge is -2.00. The molecule has 0 unspecified atom stereocenters. The molecule has 5 heteroatoms. The van der Waals surface area contributed by atoms with Crippen molar-refractivity contribution in [3.63, 3.8) is 0 Å². The molecule has 1 aromatic carbocycles. The average Bonchev–Trinajstić information content (AvgIpc) is 3.11. The summed E-state index contributed by atoms with van der Waals surface area (Å²) in [4.78, 5) is 4.36. The van der Waals surface area contributed by atoms with E-state index in [0.717, 1.165) is 27.9 Å². The first-order chi connectivity index (χ1) is 10.3. The van der Waals surface area contributed by atoms with Crippen LogP contribution in [-0.4, -0.2) is 10.1 Å². The second-order valence-electron chi connectivity index (χ2n) is 4.63. The van der Waals surface area contributed by atoms with E-state index in [1.165, 1.54) is 4.70 Å². The third kappa shape index (κ3) is 1.90. The van der Waals surface area contributed by atoms with E-state index in [9.17, 15) is 0 Å². The molecule has 3 aromatic heterocycles. The quantitative estimate of drug-likeness (QED) is 0.601. The smallest absolute Gasteiger partial charge is 0.232 e. The molecule has 21 heavy (non-hydrogen) atoms. The normalized spacial score (nSPS) is 11.0. The standard InChI is InChI=1S/C16H11N3OS/c17-16-14(12-6-3-4-8-18-12)15(19-20-16)11-9-21-13-7-2-1-5-10(11)13/h1-9H,17H2. The van der Waals surface area contributed by atoms with Crippen molar-refractivity contribution in [2.75, 3.05) is 5.73 Å². The third-order valence-corrected chi connectivity index (χ3v) is 4.34. The van der Waals surface area contributed by atoms with E-state index < -0.39 is 0 Å². The zero-order valence-electron chi connectivity index (χ0n) is 11.0. The summed E-state index contributed by atoms with van der Waals surface area (Å²) in [6.45, 7) is 0. The van der Waals surface area contributed by atoms with Gasteiger partial charge in [0.2, 0.25) is 5.88 Å². The van der Waals surface area contributed by atoms with Crippen molar-refractivity contribution < 1.29 is 4.52 Å². The topological polar surface area (TPSA) is 64.9 Å². The second-order valence-corrected chi connectivity index (χ2v) is 5.54. The van der Waals surface area contributed by atoms with Crippen molar-refractivity contribution in [3.8, 4) is 22.5 Å². The molecule has 0 saturated carbocycles. The summed E-state index contributed by atoms with van der Waals surface area (Å²) >= 11 is 1.68. The maximum absolute atomic E-state index is 5.96. The molecule has 4 rings (SSSR count). The van der Waals surface area contributed by atoms with Crippen LogP contribution in [0.15, 0.2) is 58.6 Å². The summed E-state index contributed by atoms with van der Waals surface area (Å²) in [5.41, 5.74) is 9.24. The van der Waals surface area contributed by atoms with E-state index in [4.69, 9.17) is 10.3 Å². The molecule has 0 fully saturated rings. The number of nitrogen functional groups attached to an aromatic ring is 1. The highest BCUT2D eigenvalue weighted by atomic mass is 32.1. The molecule has 0 aliphatic carbocycles. The Morgan fingerprint density at radius 2 is 1.90 bits per heavy atom. The van der Waals surface area contributed by atoms with Gasteiger partial charge in [-0.15, -0.1) is 11.3 Å². The van der Waals surface area contributed by atoms with Gasteiger partial charge in [0.25, 0.3) is 0 Å². The Bertz CT molecular complexity index is 912. The molecule has 0 aliphatic rings. The van der Waals surface area contributed by atoms with Gasteiger partial charge in [-0.2, -0.15) is 0 Å². The number of pyridine rings is 1. The van der Waals surface area contributed by atoms with Crippen molar-refractivity contribution in [1.82, 2.24) is 10.1 Å². The van der Waals surface area contributed by atoms with Gasteiger partial charge in [0, 0.05) is 27.2 Å². The summed E-state index contributed by atoms with van der Waals surface area (Å²) in [5, 5.41) is 7.38. The molecular weight excluding hydrogens is 282 g/mol. The van der Waals surface area contributed by atoms with Gasteiger partial charge in [0.15, 0.2) is 0 Å². The molecule has 4 nitrogen and oxygen atoms in total. The molecule has 4 aromatic rings. The molecule has 0 spiro atoms. The first-order valence-electron chi connectivity index (χ1n) is 6.48. The predicted molar refractivity (Wildman–Crippen MR) is 85.0 cm³/mol. The minimum absolute atomic E-state index is 0.291. The molecule has 0 amide bonds. The van der Waals surface area contributed by atoms with Gasteiger partial charge >= 0.3 is 0 Å². The fourth-order valence-corrected chi connectivity index (χ4v) is 3.35. The Kier molecular flexibility index (Phi) is 2.72. The van der Waals surface area contributed by atoms with Crippen LogP contribution in [0.2, 0.25) is 0 Å².